The van der Waals surface area contributed by atoms with Gasteiger partial charge in [-0.3, -0.25) is 19.2 Å². The van der Waals surface area contributed by atoms with Gasteiger partial charge in [-0.25, -0.2) is 9.80 Å². The van der Waals surface area contributed by atoms with Crippen molar-refractivity contribution in [2.75, 3.05) is 13.7 Å². The number of carbonyl (C=O) groups excluding carboxylic acids is 5. The van der Waals surface area contributed by atoms with Crippen LogP contribution in [0.3, 0.4) is 0 Å². The van der Waals surface area contributed by atoms with Crippen molar-refractivity contribution in [3.05, 3.63) is 126 Å². The van der Waals surface area contributed by atoms with Crippen LogP contribution >= 0.6 is 58.0 Å². The molecule has 0 N–H and O–H groups in total. The van der Waals surface area contributed by atoms with Crippen LogP contribution in [0.1, 0.15) is 51.8 Å². The third-order valence-electron chi connectivity index (χ3n) is 6.65. The fourth-order valence-corrected chi connectivity index (χ4v) is 5.65. The van der Waals surface area contributed by atoms with Gasteiger partial charge in [-0.05, 0) is 54.6 Å². The minimum absolute atomic E-state index is 0.000849. The standard InChI is InChI=1S/C31H17Cl5N2O7/c1-44-18-6-4-5-16(13-18)31(43)45-17-11-9-15(10-12-17)21(39)14-37(28(40)19-7-2-3-8-20(19)32)38-29(41)22-23(30(38)42)25(34)27(36)26(35)24(22)33/h2-13H,14H2,1H3. The zero-order valence-corrected chi connectivity index (χ0v) is 26.6. The Labute approximate surface area is 280 Å². The van der Waals surface area contributed by atoms with E-state index in [0.29, 0.717) is 15.8 Å². The van der Waals surface area contributed by atoms with Gasteiger partial charge in [0, 0.05) is 5.56 Å². The predicted molar refractivity (Wildman–Crippen MR) is 168 cm³/mol. The molecule has 0 atom stereocenters. The fourth-order valence-electron chi connectivity index (χ4n) is 4.42. The van der Waals surface area contributed by atoms with Gasteiger partial charge >= 0.3 is 5.97 Å². The highest BCUT2D eigenvalue weighted by Crippen LogP contribution is 2.45. The van der Waals surface area contributed by atoms with Gasteiger partial charge < -0.3 is 9.47 Å². The molecule has 228 valence electrons. The molecule has 0 saturated carbocycles. The van der Waals surface area contributed by atoms with Crippen molar-refractivity contribution in [1.82, 2.24) is 10.0 Å². The Hall–Kier alpha value is -4.12. The van der Waals surface area contributed by atoms with Gasteiger partial charge in [0.2, 0.25) is 0 Å². The van der Waals surface area contributed by atoms with Gasteiger partial charge in [0.1, 0.15) is 18.0 Å². The monoisotopic (exact) mass is 704 g/mol. The lowest BCUT2D eigenvalue weighted by Crippen LogP contribution is -2.51. The van der Waals surface area contributed by atoms with E-state index < -0.39 is 36.0 Å². The van der Waals surface area contributed by atoms with E-state index in [2.05, 4.69) is 0 Å². The number of rotatable bonds is 8. The molecule has 1 heterocycles. The molecule has 9 nitrogen and oxygen atoms in total. The van der Waals surface area contributed by atoms with Crippen molar-refractivity contribution in [3.63, 3.8) is 0 Å². The van der Waals surface area contributed by atoms with Crippen molar-refractivity contribution in [2.45, 2.75) is 0 Å². The molecule has 0 spiro atoms. The summed E-state index contributed by atoms with van der Waals surface area (Å²) in [6.07, 6.45) is 0. The van der Waals surface area contributed by atoms with E-state index in [1.165, 1.54) is 55.6 Å². The Morgan fingerprint density at radius 3 is 1.89 bits per heavy atom. The number of esters is 1. The van der Waals surface area contributed by atoms with Crippen molar-refractivity contribution >= 4 is 87.5 Å². The van der Waals surface area contributed by atoms with Crippen molar-refractivity contribution in [1.29, 1.82) is 0 Å². The van der Waals surface area contributed by atoms with Gasteiger partial charge in [0.05, 0.1) is 54.5 Å². The molecule has 0 radical (unpaired) electrons. The lowest BCUT2D eigenvalue weighted by atomic mass is 10.1. The number of benzene rings is 4. The number of ether oxygens (including phenoxy) is 2. The molecule has 4 aromatic carbocycles. The highest BCUT2D eigenvalue weighted by Gasteiger charge is 2.46. The van der Waals surface area contributed by atoms with E-state index in [0.717, 1.165) is 0 Å². The van der Waals surface area contributed by atoms with Crippen LogP contribution in [0, 0.1) is 0 Å². The van der Waals surface area contributed by atoms with Crippen molar-refractivity contribution in [3.8, 4) is 11.5 Å². The number of halogens is 5. The van der Waals surface area contributed by atoms with Crippen LogP contribution in [0.5, 0.6) is 11.5 Å². The van der Waals surface area contributed by atoms with Crippen LogP contribution in [0.2, 0.25) is 25.1 Å². The summed E-state index contributed by atoms with van der Waals surface area (Å²) in [7, 11) is 1.47. The number of fused-ring (bicyclic) bond motifs is 1. The first-order valence-electron chi connectivity index (χ1n) is 12.7. The van der Waals surface area contributed by atoms with Crippen LogP contribution in [-0.2, 0) is 0 Å². The number of amides is 3. The number of ketones is 1. The number of methoxy groups -OCH3 is 1. The molecule has 0 saturated heterocycles. The number of imide groups is 1. The third kappa shape index (κ3) is 6.10. The van der Waals surface area contributed by atoms with Crippen molar-refractivity contribution in [2.24, 2.45) is 0 Å². The zero-order valence-electron chi connectivity index (χ0n) is 22.8. The van der Waals surface area contributed by atoms with Gasteiger partial charge in [0.15, 0.2) is 5.78 Å². The zero-order chi connectivity index (χ0) is 32.6. The average molecular weight is 707 g/mol. The smallest absolute Gasteiger partial charge is 0.343 e. The Balaban J connectivity index is 1.45. The van der Waals surface area contributed by atoms with E-state index in [1.54, 1.807) is 24.3 Å². The third-order valence-corrected chi connectivity index (χ3v) is 8.78. The van der Waals surface area contributed by atoms with E-state index in [1.807, 2.05) is 0 Å². The summed E-state index contributed by atoms with van der Waals surface area (Å²) in [5.74, 6) is -3.82. The van der Waals surface area contributed by atoms with Gasteiger partial charge in [-0.15, -0.1) is 0 Å². The van der Waals surface area contributed by atoms with Gasteiger partial charge in [0.25, 0.3) is 17.7 Å². The maximum absolute atomic E-state index is 13.8. The summed E-state index contributed by atoms with van der Waals surface area (Å²) in [5, 5.41) is -0.145. The summed E-state index contributed by atoms with van der Waals surface area (Å²) in [6, 6.07) is 17.7. The van der Waals surface area contributed by atoms with Crippen LogP contribution in [0.25, 0.3) is 0 Å². The average Bonchev–Trinajstić information content (AvgIpc) is 3.31. The summed E-state index contributed by atoms with van der Waals surface area (Å²) >= 11 is 31.0. The molecule has 0 aromatic heterocycles. The second-order valence-corrected chi connectivity index (χ2v) is 11.3. The first kappa shape index (κ1) is 32.3. The Morgan fingerprint density at radius 1 is 0.711 bits per heavy atom. The molecular weight excluding hydrogens is 690 g/mol. The quantitative estimate of drug-likeness (QED) is 0.0461. The number of nitrogens with zero attached hydrogens (tertiary/aromatic N) is 2. The minimum atomic E-state index is -1.06. The molecule has 0 fully saturated rings. The molecule has 4 aromatic rings. The van der Waals surface area contributed by atoms with Crippen LogP contribution in [0.15, 0.2) is 72.8 Å². The van der Waals surface area contributed by atoms with E-state index in [4.69, 9.17) is 67.5 Å². The van der Waals surface area contributed by atoms with Crippen molar-refractivity contribution < 1.29 is 33.4 Å². The maximum Gasteiger partial charge on any atom is 0.343 e. The van der Waals surface area contributed by atoms with Gasteiger partial charge in [-0.2, -0.15) is 5.01 Å². The predicted octanol–water partition coefficient (Wildman–Crippen LogP) is 7.72. The van der Waals surface area contributed by atoms with Gasteiger partial charge in [-0.1, -0.05) is 76.2 Å². The van der Waals surface area contributed by atoms with Crippen LogP contribution in [0.4, 0.5) is 0 Å². The molecule has 45 heavy (non-hydrogen) atoms. The van der Waals surface area contributed by atoms with E-state index >= 15 is 0 Å². The molecule has 1 aliphatic heterocycles. The number of carbonyl (C=O) groups is 5. The number of hydrazine groups is 1. The van der Waals surface area contributed by atoms with E-state index in [9.17, 15) is 24.0 Å². The minimum Gasteiger partial charge on any atom is -0.497 e. The first-order chi connectivity index (χ1) is 21.4. The molecule has 3 amide bonds. The molecule has 1 aliphatic rings. The fraction of sp³-hybridized carbons (Fsp3) is 0.0645. The number of hydrogen-bond acceptors (Lipinski definition) is 7. The first-order valence-corrected chi connectivity index (χ1v) is 14.6. The summed E-state index contributed by atoms with van der Waals surface area (Å²) < 4.78 is 10.5. The second kappa shape index (κ2) is 13.1. The second-order valence-electron chi connectivity index (χ2n) is 9.34. The molecule has 5 rings (SSSR count). The topological polar surface area (TPSA) is 110 Å². The van der Waals surface area contributed by atoms with Crippen LogP contribution in [-0.4, -0.2) is 53.1 Å². The largest absolute Gasteiger partial charge is 0.497 e. The summed E-state index contributed by atoms with van der Waals surface area (Å²) in [4.78, 5) is 67.0. The lowest BCUT2D eigenvalue weighted by molar-refractivity contribution is 0.00532. The van der Waals surface area contributed by atoms with E-state index in [-0.39, 0.29) is 58.7 Å². The SMILES string of the molecule is COc1cccc(C(=O)Oc2ccc(C(=O)CN(C(=O)c3ccccc3Cl)N3C(=O)c4c(Cl)c(Cl)c(Cl)c(Cl)c4C3=O)cc2)c1. The normalized spacial score (nSPS) is 12.2. The summed E-state index contributed by atoms with van der Waals surface area (Å²) in [6.45, 7) is -0.796. The molecular formula is C31H17Cl5N2O7. The van der Waals surface area contributed by atoms with Crippen LogP contribution < -0.4 is 9.47 Å². The Kier molecular flexibility index (Phi) is 9.38. The Morgan fingerprint density at radius 2 is 1.31 bits per heavy atom. The maximum atomic E-state index is 13.8. The molecule has 0 bridgehead atoms. The highest BCUT2D eigenvalue weighted by molar-refractivity contribution is 6.55. The Bertz CT molecular complexity index is 1870. The number of hydrogen-bond donors (Lipinski definition) is 0. The molecule has 14 heteroatoms. The highest BCUT2D eigenvalue weighted by atomic mass is 35.5. The lowest BCUT2D eigenvalue weighted by Gasteiger charge is -2.29. The number of Topliss-reactive ketones (excluding diaryl/α,β-unsaturated/α-hetero) is 1. The summed E-state index contributed by atoms with van der Waals surface area (Å²) in [5.41, 5.74) is -0.559. The molecule has 0 unspecified atom stereocenters. The molecule has 0 aliphatic carbocycles.